The van der Waals surface area contributed by atoms with Gasteiger partial charge in [0.25, 0.3) is 0 Å². The largest absolute Gasteiger partial charge is 0.493 e. The van der Waals surface area contributed by atoms with Crippen molar-refractivity contribution in [3.05, 3.63) is 23.8 Å². The van der Waals surface area contributed by atoms with Gasteiger partial charge in [-0.1, -0.05) is 12.1 Å². The van der Waals surface area contributed by atoms with Crippen molar-refractivity contribution in [1.82, 2.24) is 0 Å². The Bertz CT molecular complexity index is 322. The Morgan fingerprint density at radius 3 is 2.56 bits per heavy atom. The monoisotopic (exact) mass is 225 g/mol. The summed E-state index contributed by atoms with van der Waals surface area (Å²) in [5.41, 5.74) is 5.60. The maximum atomic E-state index is 9.61. The van der Waals surface area contributed by atoms with Crippen molar-refractivity contribution in [1.29, 1.82) is 0 Å². The van der Waals surface area contributed by atoms with E-state index in [0.29, 0.717) is 18.0 Å². The minimum Gasteiger partial charge on any atom is -0.493 e. The SMILES string of the molecule is COc1cccc(CN)c1OCC(C)(C)O. The van der Waals surface area contributed by atoms with Crippen LogP contribution in [-0.4, -0.2) is 24.4 Å². The number of aliphatic hydroxyl groups is 1. The van der Waals surface area contributed by atoms with Gasteiger partial charge in [-0.3, -0.25) is 0 Å². The number of nitrogens with two attached hydrogens (primary N) is 1. The van der Waals surface area contributed by atoms with E-state index in [0.717, 1.165) is 5.56 Å². The van der Waals surface area contributed by atoms with Crippen LogP contribution in [-0.2, 0) is 6.54 Å². The van der Waals surface area contributed by atoms with Gasteiger partial charge in [-0.25, -0.2) is 0 Å². The summed E-state index contributed by atoms with van der Waals surface area (Å²) in [4.78, 5) is 0. The summed E-state index contributed by atoms with van der Waals surface area (Å²) in [6.45, 7) is 3.94. The number of hydrogen-bond donors (Lipinski definition) is 2. The summed E-state index contributed by atoms with van der Waals surface area (Å²) in [5.74, 6) is 1.24. The molecule has 4 heteroatoms. The normalized spacial score (nSPS) is 11.3. The first-order valence-electron chi connectivity index (χ1n) is 5.19. The van der Waals surface area contributed by atoms with Gasteiger partial charge in [0.15, 0.2) is 11.5 Å². The lowest BCUT2D eigenvalue weighted by atomic mass is 10.1. The molecule has 0 fully saturated rings. The Hall–Kier alpha value is -1.26. The highest BCUT2D eigenvalue weighted by Crippen LogP contribution is 2.31. The molecule has 0 aliphatic rings. The molecule has 0 aromatic heterocycles. The van der Waals surface area contributed by atoms with Gasteiger partial charge in [0.2, 0.25) is 0 Å². The van der Waals surface area contributed by atoms with Gasteiger partial charge in [-0.15, -0.1) is 0 Å². The van der Waals surface area contributed by atoms with Crippen molar-refractivity contribution in [3.8, 4) is 11.5 Å². The number of para-hydroxylation sites is 1. The number of rotatable bonds is 5. The highest BCUT2D eigenvalue weighted by atomic mass is 16.5. The van der Waals surface area contributed by atoms with E-state index in [1.54, 1.807) is 27.0 Å². The van der Waals surface area contributed by atoms with Gasteiger partial charge < -0.3 is 20.3 Å². The summed E-state index contributed by atoms with van der Waals surface area (Å²) in [7, 11) is 1.58. The van der Waals surface area contributed by atoms with Crippen LogP contribution in [0.1, 0.15) is 19.4 Å². The zero-order valence-electron chi connectivity index (χ0n) is 9.99. The molecular weight excluding hydrogens is 206 g/mol. The Labute approximate surface area is 96.0 Å². The summed E-state index contributed by atoms with van der Waals surface area (Å²) < 4.78 is 10.8. The molecule has 0 saturated carbocycles. The minimum atomic E-state index is -0.882. The number of methoxy groups -OCH3 is 1. The fraction of sp³-hybridized carbons (Fsp3) is 0.500. The molecule has 90 valence electrons. The first-order valence-corrected chi connectivity index (χ1v) is 5.19. The van der Waals surface area contributed by atoms with Gasteiger partial charge in [-0.05, 0) is 19.9 Å². The van der Waals surface area contributed by atoms with Crippen LogP contribution in [0.4, 0.5) is 0 Å². The van der Waals surface area contributed by atoms with Gasteiger partial charge in [-0.2, -0.15) is 0 Å². The third kappa shape index (κ3) is 3.40. The van der Waals surface area contributed by atoms with Crippen LogP contribution in [0.2, 0.25) is 0 Å². The average Bonchev–Trinajstić information content (AvgIpc) is 2.24. The van der Waals surface area contributed by atoms with Gasteiger partial charge in [0, 0.05) is 12.1 Å². The quantitative estimate of drug-likeness (QED) is 0.793. The Balaban J connectivity index is 2.91. The van der Waals surface area contributed by atoms with Crippen molar-refractivity contribution < 1.29 is 14.6 Å². The first kappa shape index (κ1) is 12.8. The smallest absolute Gasteiger partial charge is 0.165 e. The molecule has 1 aromatic rings. The minimum absolute atomic E-state index is 0.195. The molecule has 0 bridgehead atoms. The van der Waals surface area contributed by atoms with Crippen LogP contribution < -0.4 is 15.2 Å². The molecule has 0 heterocycles. The van der Waals surface area contributed by atoms with Crippen molar-refractivity contribution in [2.75, 3.05) is 13.7 Å². The molecule has 0 amide bonds. The van der Waals surface area contributed by atoms with Crippen molar-refractivity contribution in [2.24, 2.45) is 5.73 Å². The Kier molecular flexibility index (Phi) is 4.15. The van der Waals surface area contributed by atoms with Gasteiger partial charge >= 0.3 is 0 Å². The second-order valence-corrected chi connectivity index (χ2v) is 4.25. The topological polar surface area (TPSA) is 64.7 Å². The number of hydrogen-bond acceptors (Lipinski definition) is 4. The maximum Gasteiger partial charge on any atom is 0.165 e. The second-order valence-electron chi connectivity index (χ2n) is 4.25. The van der Waals surface area contributed by atoms with Crippen molar-refractivity contribution in [3.63, 3.8) is 0 Å². The van der Waals surface area contributed by atoms with E-state index in [2.05, 4.69) is 0 Å². The Morgan fingerprint density at radius 2 is 2.06 bits per heavy atom. The molecular formula is C12H19NO3. The Morgan fingerprint density at radius 1 is 1.38 bits per heavy atom. The van der Waals surface area contributed by atoms with E-state index in [1.165, 1.54) is 0 Å². The highest BCUT2D eigenvalue weighted by molar-refractivity contribution is 5.46. The molecule has 0 spiro atoms. The maximum absolute atomic E-state index is 9.61. The van der Waals surface area contributed by atoms with Crippen molar-refractivity contribution >= 4 is 0 Å². The molecule has 0 radical (unpaired) electrons. The van der Waals surface area contributed by atoms with Crippen molar-refractivity contribution in [2.45, 2.75) is 26.0 Å². The first-order chi connectivity index (χ1) is 7.48. The third-order valence-corrected chi connectivity index (χ3v) is 2.07. The molecule has 4 nitrogen and oxygen atoms in total. The molecule has 1 rings (SSSR count). The second kappa shape index (κ2) is 5.18. The lowest BCUT2D eigenvalue weighted by Gasteiger charge is -2.20. The predicted octanol–water partition coefficient (Wildman–Crippen LogP) is 1.30. The predicted molar refractivity (Wildman–Crippen MR) is 62.7 cm³/mol. The molecule has 1 aromatic carbocycles. The molecule has 0 saturated heterocycles. The molecule has 16 heavy (non-hydrogen) atoms. The lowest BCUT2D eigenvalue weighted by molar-refractivity contribution is 0.0273. The van der Waals surface area contributed by atoms with E-state index in [4.69, 9.17) is 15.2 Å². The molecule has 0 atom stereocenters. The molecule has 3 N–H and O–H groups in total. The van der Waals surface area contributed by atoms with E-state index < -0.39 is 5.60 Å². The summed E-state index contributed by atoms with van der Waals surface area (Å²) in [6.07, 6.45) is 0. The fourth-order valence-electron chi connectivity index (χ4n) is 1.30. The molecule has 0 unspecified atom stereocenters. The molecule has 0 aliphatic carbocycles. The highest BCUT2D eigenvalue weighted by Gasteiger charge is 2.16. The van der Waals surface area contributed by atoms with Crippen LogP contribution in [0.3, 0.4) is 0 Å². The van der Waals surface area contributed by atoms with Crippen LogP contribution in [0.25, 0.3) is 0 Å². The van der Waals surface area contributed by atoms with E-state index in [-0.39, 0.29) is 6.61 Å². The number of benzene rings is 1. The summed E-state index contributed by atoms with van der Waals surface area (Å²) >= 11 is 0. The fourth-order valence-corrected chi connectivity index (χ4v) is 1.30. The standard InChI is InChI=1S/C12H19NO3/c1-12(2,14)8-16-11-9(7-13)5-4-6-10(11)15-3/h4-6,14H,7-8,13H2,1-3H3. The van der Waals surface area contributed by atoms with Crippen LogP contribution in [0, 0.1) is 0 Å². The van der Waals surface area contributed by atoms with Crippen LogP contribution in [0.15, 0.2) is 18.2 Å². The lowest BCUT2D eigenvalue weighted by Crippen LogP contribution is -2.28. The van der Waals surface area contributed by atoms with E-state index >= 15 is 0 Å². The molecule has 0 aliphatic heterocycles. The van der Waals surface area contributed by atoms with Gasteiger partial charge in [0.1, 0.15) is 6.61 Å². The zero-order valence-corrected chi connectivity index (χ0v) is 9.99. The van der Waals surface area contributed by atoms with Gasteiger partial charge in [0.05, 0.1) is 12.7 Å². The zero-order chi connectivity index (χ0) is 12.2. The van der Waals surface area contributed by atoms with Crippen LogP contribution >= 0.6 is 0 Å². The third-order valence-electron chi connectivity index (χ3n) is 2.07. The summed E-state index contributed by atoms with van der Waals surface area (Å²) in [6, 6.07) is 5.54. The van der Waals surface area contributed by atoms with Crippen LogP contribution in [0.5, 0.6) is 11.5 Å². The average molecular weight is 225 g/mol. The van der Waals surface area contributed by atoms with E-state index in [1.807, 2.05) is 12.1 Å². The summed E-state index contributed by atoms with van der Waals surface area (Å²) in [5, 5.41) is 9.61. The van der Waals surface area contributed by atoms with E-state index in [9.17, 15) is 5.11 Å². The number of ether oxygens (including phenoxy) is 2.